The molecule has 3 N–H and O–H groups in total. The fourth-order valence-corrected chi connectivity index (χ4v) is 1.97. The highest BCUT2D eigenvalue weighted by molar-refractivity contribution is 6.13. The number of aliphatic hydroxyl groups excluding tert-OH is 1. The van der Waals surface area contributed by atoms with Crippen molar-refractivity contribution in [2.45, 2.75) is 37.5 Å². The molecule has 0 heterocycles. The molecule has 5 heteroatoms. The number of hydrogen-bond acceptors (Lipinski definition) is 3. The van der Waals surface area contributed by atoms with Crippen LogP contribution in [0.1, 0.15) is 18.4 Å². The van der Waals surface area contributed by atoms with E-state index in [1.165, 1.54) is 0 Å². The van der Waals surface area contributed by atoms with Gasteiger partial charge in [0.15, 0.2) is 0 Å². The van der Waals surface area contributed by atoms with Gasteiger partial charge in [0.25, 0.3) is 5.91 Å². The van der Waals surface area contributed by atoms with Crippen LogP contribution in [0.5, 0.6) is 0 Å². The third-order valence-corrected chi connectivity index (χ3v) is 3.29. The predicted molar refractivity (Wildman–Crippen MR) is 70.1 cm³/mol. The summed E-state index contributed by atoms with van der Waals surface area (Å²) in [7, 11) is 0. The van der Waals surface area contributed by atoms with Gasteiger partial charge in [-0.25, -0.2) is 4.84 Å². The van der Waals surface area contributed by atoms with Crippen LogP contribution in [0, 0.1) is 0 Å². The number of hydrogen-bond donors (Lipinski definition) is 3. The molecule has 1 saturated carbocycles. The molecule has 0 unspecified atom stereocenters. The minimum absolute atomic E-state index is 0.236. The Hall–Kier alpha value is -1.10. The van der Waals surface area contributed by atoms with Crippen molar-refractivity contribution in [1.82, 2.24) is 10.2 Å². The van der Waals surface area contributed by atoms with Crippen LogP contribution in [-0.4, -0.2) is 29.2 Å². The summed E-state index contributed by atoms with van der Waals surface area (Å²) in [5.74, 6) is -0.355. The van der Waals surface area contributed by atoms with E-state index in [4.69, 9.17) is 11.8 Å². The zero-order chi connectivity index (χ0) is 13.0. The fraction of sp³-hybridized carbons (Fsp3) is 0.462. The zero-order valence-corrected chi connectivity index (χ0v) is 10.7. The molecule has 98 valence electrons. The summed E-state index contributed by atoms with van der Waals surface area (Å²) in [6.07, 6.45) is 1.36. The second-order valence-electron chi connectivity index (χ2n) is 4.63. The van der Waals surface area contributed by atoms with Gasteiger partial charge in [-0.1, -0.05) is 30.3 Å². The number of carbonyl (C=O) groups excluding carboxylic acids is 1. The molecule has 0 radical (unpaired) electrons. The second kappa shape index (κ2) is 6.18. The highest BCUT2D eigenvalue weighted by Gasteiger charge is 2.30. The molecule has 1 aromatic carbocycles. The lowest BCUT2D eigenvalue weighted by Gasteiger charge is -2.20. The smallest absolute Gasteiger partial charge is 0.250 e. The third-order valence-electron chi connectivity index (χ3n) is 3.01. The molecule has 1 aliphatic rings. The van der Waals surface area contributed by atoms with Gasteiger partial charge in [-0.3, -0.25) is 4.79 Å². The van der Waals surface area contributed by atoms with Crippen LogP contribution in [0.25, 0.3) is 0 Å². The number of nitrogens with one attached hydrogen (secondary N) is 2. The Morgan fingerprint density at radius 3 is 2.61 bits per heavy atom. The largest absolute Gasteiger partial charge is 0.382 e. The molecule has 1 amide bonds. The van der Waals surface area contributed by atoms with Gasteiger partial charge in [-0.05, 0) is 36.6 Å². The van der Waals surface area contributed by atoms with Crippen LogP contribution in [0.15, 0.2) is 30.3 Å². The zero-order valence-electron chi connectivity index (χ0n) is 9.97. The Kier molecular flexibility index (Phi) is 4.58. The van der Waals surface area contributed by atoms with Gasteiger partial charge in [-0.15, -0.1) is 0 Å². The van der Waals surface area contributed by atoms with Gasteiger partial charge in [0.05, 0.1) is 6.04 Å². The van der Waals surface area contributed by atoms with Crippen LogP contribution in [0.3, 0.4) is 0 Å². The lowest BCUT2D eigenvalue weighted by molar-refractivity contribution is -0.130. The van der Waals surface area contributed by atoms with Gasteiger partial charge in [0, 0.05) is 6.04 Å². The van der Waals surface area contributed by atoms with Gasteiger partial charge in [0.1, 0.15) is 6.10 Å². The van der Waals surface area contributed by atoms with E-state index in [0.29, 0.717) is 6.42 Å². The standard InChI is InChI=1S/C13H17ClN2O2/c14-16-11(8-9-4-2-1-3-5-9)12(17)13(18)15-10-6-7-10/h1-5,10-12,16-17H,6-8H2,(H,15,18)/t11-,12-/m0/s1. The van der Waals surface area contributed by atoms with Crippen molar-refractivity contribution in [3.05, 3.63) is 35.9 Å². The number of aliphatic hydroxyl groups is 1. The first-order valence-electron chi connectivity index (χ1n) is 6.09. The van der Waals surface area contributed by atoms with Crippen molar-refractivity contribution in [3.63, 3.8) is 0 Å². The van der Waals surface area contributed by atoms with Crippen LogP contribution in [0.4, 0.5) is 0 Å². The molecular weight excluding hydrogens is 252 g/mol. The van der Waals surface area contributed by atoms with Crippen LogP contribution in [0.2, 0.25) is 0 Å². The highest BCUT2D eigenvalue weighted by atomic mass is 35.5. The molecule has 1 fully saturated rings. The number of benzene rings is 1. The molecule has 0 spiro atoms. The third kappa shape index (κ3) is 3.70. The molecule has 18 heavy (non-hydrogen) atoms. The maximum atomic E-state index is 11.7. The normalized spacial score (nSPS) is 18.1. The molecule has 2 rings (SSSR count). The van der Waals surface area contributed by atoms with E-state index in [-0.39, 0.29) is 11.9 Å². The number of halogens is 1. The molecule has 0 bridgehead atoms. The summed E-state index contributed by atoms with van der Waals surface area (Å²) in [5, 5.41) is 12.7. The van der Waals surface area contributed by atoms with Crippen molar-refractivity contribution >= 4 is 17.7 Å². The molecule has 1 aliphatic carbocycles. The second-order valence-corrected chi connectivity index (χ2v) is 4.85. The lowest BCUT2D eigenvalue weighted by atomic mass is 10.0. The minimum atomic E-state index is -1.14. The number of carbonyl (C=O) groups is 1. The minimum Gasteiger partial charge on any atom is -0.382 e. The van der Waals surface area contributed by atoms with Crippen molar-refractivity contribution < 1.29 is 9.90 Å². The summed E-state index contributed by atoms with van der Waals surface area (Å²) < 4.78 is 0. The molecular formula is C13H17ClN2O2. The van der Waals surface area contributed by atoms with Crippen molar-refractivity contribution in [1.29, 1.82) is 0 Å². The first-order chi connectivity index (χ1) is 8.70. The Morgan fingerprint density at radius 1 is 1.39 bits per heavy atom. The lowest BCUT2D eigenvalue weighted by Crippen LogP contribution is -2.48. The summed E-state index contributed by atoms with van der Waals surface area (Å²) in [5.41, 5.74) is 1.02. The van der Waals surface area contributed by atoms with E-state index in [0.717, 1.165) is 18.4 Å². The summed E-state index contributed by atoms with van der Waals surface area (Å²) in [4.78, 5) is 14.2. The topological polar surface area (TPSA) is 61.4 Å². The highest BCUT2D eigenvalue weighted by Crippen LogP contribution is 2.19. The number of amides is 1. The summed E-state index contributed by atoms with van der Waals surface area (Å²) in [6.45, 7) is 0. The SMILES string of the molecule is O=C(NC1CC1)[C@@H](O)[C@H](Cc1ccccc1)NCl. The van der Waals surface area contributed by atoms with E-state index >= 15 is 0 Å². The van der Waals surface area contributed by atoms with Gasteiger partial charge in [-0.2, -0.15) is 0 Å². The summed E-state index contributed by atoms with van der Waals surface area (Å²) in [6, 6.07) is 9.37. The first-order valence-corrected chi connectivity index (χ1v) is 6.47. The van der Waals surface area contributed by atoms with Crippen LogP contribution < -0.4 is 10.2 Å². The molecule has 0 aromatic heterocycles. The van der Waals surface area contributed by atoms with E-state index in [1.54, 1.807) is 0 Å². The average molecular weight is 269 g/mol. The van der Waals surface area contributed by atoms with E-state index in [1.807, 2.05) is 30.3 Å². The maximum Gasteiger partial charge on any atom is 0.250 e. The first kappa shape index (κ1) is 13.3. The maximum absolute atomic E-state index is 11.7. The molecule has 2 atom stereocenters. The Labute approximate surface area is 111 Å². The fourth-order valence-electron chi connectivity index (χ4n) is 1.77. The van der Waals surface area contributed by atoms with Gasteiger partial charge >= 0.3 is 0 Å². The van der Waals surface area contributed by atoms with E-state index in [9.17, 15) is 9.90 Å². The van der Waals surface area contributed by atoms with Crippen molar-refractivity contribution in [2.24, 2.45) is 0 Å². The van der Waals surface area contributed by atoms with Crippen LogP contribution >= 0.6 is 11.8 Å². The molecule has 0 saturated heterocycles. The molecule has 4 nitrogen and oxygen atoms in total. The van der Waals surface area contributed by atoms with E-state index < -0.39 is 12.1 Å². The predicted octanol–water partition coefficient (Wildman–Crippen LogP) is 0.981. The monoisotopic (exact) mass is 268 g/mol. The Bertz CT molecular complexity index is 395. The average Bonchev–Trinajstić information content (AvgIpc) is 3.20. The Balaban J connectivity index is 1.92. The quantitative estimate of drug-likeness (QED) is 0.674. The molecule has 1 aromatic rings. The number of rotatable bonds is 6. The Morgan fingerprint density at radius 2 is 2.06 bits per heavy atom. The van der Waals surface area contributed by atoms with Gasteiger partial charge < -0.3 is 10.4 Å². The van der Waals surface area contributed by atoms with Crippen molar-refractivity contribution in [3.8, 4) is 0 Å². The van der Waals surface area contributed by atoms with Crippen LogP contribution in [-0.2, 0) is 11.2 Å². The van der Waals surface area contributed by atoms with E-state index in [2.05, 4.69) is 10.2 Å². The molecule has 0 aliphatic heterocycles. The summed E-state index contributed by atoms with van der Waals surface area (Å²) >= 11 is 5.62. The van der Waals surface area contributed by atoms with Gasteiger partial charge in [0.2, 0.25) is 0 Å². The van der Waals surface area contributed by atoms with Crippen molar-refractivity contribution in [2.75, 3.05) is 0 Å².